The van der Waals surface area contributed by atoms with E-state index in [4.69, 9.17) is 9.47 Å². The second-order valence-corrected chi connectivity index (χ2v) is 8.58. The number of rotatable bonds is 11. The fourth-order valence-electron chi connectivity index (χ4n) is 2.84. The monoisotopic (exact) mass is 491 g/mol. The van der Waals surface area contributed by atoms with Crippen molar-refractivity contribution in [3.63, 3.8) is 0 Å². The molecule has 0 aliphatic heterocycles. The lowest BCUT2D eigenvalue weighted by atomic mass is 10.1. The maximum absolute atomic E-state index is 6.12. The van der Waals surface area contributed by atoms with E-state index in [9.17, 15) is 0 Å². The molecule has 0 fully saturated rings. The molecule has 0 radical (unpaired) electrons. The summed E-state index contributed by atoms with van der Waals surface area (Å²) in [6, 6.07) is 12.3. The van der Waals surface area contributed by atoms with Gasteiger partial charge in [-0.25, -0.2) is 4.68 Å². The van der Waals surface area contributed by atoms with Crippen LogP contribution in [-0.4, -0.2) is 39.1 Å². The molecule has 0 unspecified atom stereocenters. The van der Waals surface area contributed by atoms with Crippen LogP contribution in [-0.2, 0) is 20.2 Å². The lowest BCUT2D eigenvalue weighted by Crippen LogP contribution is -2.17. The van der Waals surface area contributed by atoms with Crippen LogP contribution in [0.5, 0.6) is 11.5 Å². The Bertz CT molecular complexity index is 966. The molecule has 2 aromatic carbocycles. The van der Waals surface area contributed by atoms with Crippen LogP contribution in [0.15, 0.2) is 46.0 Å². The smallest absolute Gasteiger partial charge is 0.209 e. The summed E-state index contributed by atoms with van der Waals surface area (Å²) >= 11 is 5.28. The summed E-state index contributed by atoms with van der Waals surface area (Å²) in [7, 11) is 1.84. The highest BCUT2D eigenvalue weighted by atomic mass is 79.9. The molecule has 1 heterocycles. The highest BCUT2D eigenvalue weighted by molar-refractivity contribution is 9.10. The Morgan fingerprint density at radius 3 is 2.77 bits per heavy atom. The number of hydrogen-bond acceptors (Lipinski definition) is 7. The summed E-state index contributed by atoms with van der Waals surface area (Å²) in [4.78, 5) is 0. The standard InChI is InChI=1S/C21H26BrN5O2S/c1-4-28-19-12-16(13-23-9-10-30-21-24-25-26-27(21)3)11-18(22)20(19)29-14-17-8-6-5-7-15(17)2/h5-8,11-12,23H,4,9-10,13-14H2,1-3H3. The van der Waals surface area contributed by atoms with Crippen molar-refractivity contribution in [1.29, 1.82) is 0 Å². The quantitative estimate of drug-likeness (QED) is 0.319. The Balaban J connectivity index is 1.58. The molecule has 30 heavy (non-hydrogen) atoms. The number of halogens is 1. The molecule has 0 amide bonds. The van der Waals surface area contributed by atoms with E-state index in [0.29, 0.717) is 13.2 Å². The molecule has 0 aliphatic carbocycles. The van der Waals surface area contributed by atoms with E-state index >= 15 is 0 Å². The number of nitrogens with one attached hydrogen (secondary N) is 1. The average molecular weight is 492 g/mol. The Labute approximate surface area is 189 Å². The average Bonchev–Trinajstić information content (AvgIpc) is 3.13. The number of aromatic nitrogens is 4. The zero-order chi connectivity index (χ0) is 21.3. The van der Waals surface area contributed by atoms with Gasteiger partial charge < -0.3 is 14.8 Å². The molecule has 0 aliphatic rings. The highest BCUT2D eigenvalue weighted by Crippen LogP contribution is 2.37. The van der Waals surface area contributed by atoms with Crippen molar-refractivity contribution in [2.24, 2.45) is 7.05 Å². The van der Waals surface area contributed by atoms with Crippen LogP contribution in [0.2, 0.25) is 0 Å². The van der Waals surface area contributed by atoms with E-state index < -0.39 is 0 Å². The molecule has 7 nitrogen and oxygen atoms in total. The molecule has 0 saturated carbocycles. The Morgan fingerprint density at radius 1 is 1.20 bits per heavy atom. The summed E-state index contributed by atoms with van der Waals surface area (Å²) in [6.45, 7) is 6.70. The Morgan fingerprint density at radius 2 is 2.03 bits per heavy atom. The summed E-state index contributed by atoms with van der Waals surface area (Å²) < 4.78 is 14.5. The molecule has 160 valence electrons. The van der Waals surface area contributed by atoms with Crippen molar-refractivity contribution >= 4 is 27.7 Å². The van der Waals surface area contributed by atoms with Crippen LogP contribution >= 0.6 is 27.7 Å². The molecule has 9 heteroatoms. The summed E-state index contributed by atoms with van der Waals surface area (Å²) in [6.07, 6.45) is 0. The zero-order valence-electron chi connectivity index (χ0n) is 17.4. The molecule has 1 N–H and O–H groups in total. The van der Waals surface area contributed by atoms with Gasteiger partial charge in [0.25, 0.3) is 0 Å². The van der Waals surface area contributed by atoms with E-state index in [0.717, 1.165) is 51.1 Å². The van der Waals surface area contributed by atoms with Gasteiger partial charge in [0.1, 0.15) is 6.61 Å². The molecule has 0 bridgehead atoms. The van der Waals surface area contributed by atoms with Crippen LogP contribution < -0.4 is 14.8 Å². The molecular formula is C21H26BrN5O2S. The fourth-order valence-corrected chi connectivity index (χ4v) is 4.19. The van der Waals surface area contributed by atoms with Crippen LogP contribution in [0.1, 0.15) is 23.6 Å². The summed E-state index contributed by atoms with van der Waals surface area (Å²) in [5.74, 6) is 2.36. The van der Waals surface area contributed by atoms with Gasteiger partial charge in [0.2, 0.25) is 5.16 Å². The largest absolute Gasteiger partial charge is 0.490 e. The predicted octanol–water partition coefficient (Wildman–Crippen LogP) is 4.14. The Hall–Kier alpha value is -2.10. The van der Waals surface area contributed by atoms with Gasteiger partial charge in [-0.05, 0) is 69.0 Å². The zero-order valence-corrected chi connectivity index (χ0v) is 19.8. The predicted molar refractivity (Wildman–Crippen MR) is 122 cm³/mol. The van der Waals surface area contributed by atoms with E-state index in [1.807, 2.05) is 32.2 Å². The molecular weight excluding hydrogens is 466 g/mol. The summed E-state index contributed by atoms with van der Waals surface area (Å²) in [5.41, 5.74) is 3.49. The maximum Gasteiger partial charge on any atom is 0.209 e. The first-order chi connectivity index (χ1) is 14.6. The van der Waals surface area contributed by atoms with Crippen LogP contribution in [0.25, 0.3) is 0 Å². The van der Waals surface area contributed by atoms with Crippen molar-refractivity contribution in [1.82, 2.24) is 25.5 Å². The minimum absolute atomic E-state index is 0.497. The van der Waals surface area contributed by atoms with E-state index in [1.54, 1.807) is 16.4 Å². The molecule has 1 aromatic heterocycles. The van der Waals surface area contributed by atoms with Crippen molar-refractivity contribution in [3.05, 3.63) is 57.6 Å². The second-order valence-electron chi connectivity index (χ2n) is 6.66. The third-order valence-electron chi connectivity index (χ3n) is 4.42. The van der Waals surface area contributed by atoms with Crippen molar-refractivity contribution in [3.8, 4) is 11.5 Å². The minimum Gasteiger partial charge on any atom is -0.490 e. The van der Waals surface area contributed by atoms with Gasteiger partial charge in [-0.3, -0.25) is 0 Å². The van der Waals surface area contributed by atoms with Gasteiger partial charge in [0, 0.05) is 25.9 Å². The number of thioether (sulfide) groups is 1. The first-order valence-corrected chi connectivity index (χ1v) is 11.5. The lowest BCUT2D eigenvalue weighted by molar-refractivity contribution is 0.267. The number of aryl methyl sites for hydroxylation is 2. The van der Waals surface area contributed by atoms with Gasteiger partial charge in [-0.2, -0.15) is 0 Å². The van der Waals surface area contributed by atoms with E-state index in [-0.39, 0.29) is 0 Å². The van der Waals surface area contributed by atoms with Gasteiger partial charge >= 0.3 is 0 Å². The third kappa shape index (κ3) is 6.20. The SMILES string of the molecule is CCOc1cc(CNCCSc2nnnn2C)cc(Br)c1OCc1ccccc1C. The van der Waals surface area contributed by atoms with Gasteiger partial charge in [-0.15, -0.1) is 5.10 Å². The van der Waals surface area contributed by atoms with E-state index in [1.165, 1.54) is 5.56 Å². The summed E-state index contributed by atoms with van der Waals surface area (Å²) in [5, 5.41) is 15.7. The van der Waals surface area contributed by atoms with Gasteiger partial charge in [0.15, 0.2) is 11.5 Å². The first kappa shape index (κ1) is 22.6. The first-order valence-electron chi connectivity index (χ1n) is 9.77. The number of hydrogen-bond donors (Lipinski definition) is 1. The molecule has 3 rings (SSSR count). The number of ether oxygens (including phenoxy) is 2. The van der Waals surface area contributed by atoms with Crippen molar-refractivity contribution in [2.75, 3.05) is 18.9 Å². The highest BCUT2D eigenvalue weighted by Gasteiger charge is 2.13. The normalized spacial score (nSPS) is 10.9. The molecule has 0 spiro atoms. The minimum atomic E-state index is 0.497. The molecule has 0 atom stereocenters. The number of tetrazole rings is 1. The van der Waals surface area contributed by atoms with Crippen LogP contribution in [0.3, 0.4) is 0 Å². The van der Waals surface area contributed by atoms with E-state index in [2.05, 4.69) is 61.9 Å². The molecule has 3 aromatic rings. The Kier molecular flexibility index (Phi) is 8.53. The van der Waals surface area contributed by atoms with Crippen molar-refractivity contribution in [2.45, 2.75) is 32.2 Å². The fraction of sp³-hybridized carbons (Fsp3) is 0.381. The second kappa shape index (κ2) is 11.3. The topological polar surface area (TPSA) is 74.1 Å². The van der Waals surface area contributed by atoms with Gasteiger partial charge in [0.05, 0.1) is 11.1 Å². The van der Waals surface area contributed by atoms with Crippen molar-refractivity contribution < 1.29 is 9.47 Å². The number of nitrogens with zero attached hydrogens (tertiary/aromatic N) is 4. The third-order valence-corrected chi connectivity index (χ3v) is 6.02. The lowest BCUT2D eigenvalue weighted by Gasteiger charge is -2.16. The van der Waals surface area contributed by atoms with Gasteiger partial charge in [-0.1, -0.05) is 36.0 Å². The van der Waals surface area contributed by atoms with Crippen LogP contribution in [0.4, 0.5) is 0 Å². The van der Waals surface area contributed by atoms with Crippen LogP contribution in [0, 0.1) is 6.92 Å². The molecule has 0 saturated heterocycles. The number of benzene rings is 2. The maximum atomic E-state index is 6.12.